The lowest BCUT2D eigenvalue weighted by atomic mass is 10.1. The van der Waals surface area contributed by atoms with E-state index in [4.69, 9.17) is 4.74 Å². The Morgan fingerprint density at radius 3 is 2.54 bits per heavy atom. The molecule has 0 aromatic carbocycles. The van der Waals surface area contributed by atoms with Crippen LogP contribution in [0.4, 0.5) is 10.6 Å². The van der Waals surface area contributed by atoms with Gasteiger partial charge in [0, 0.05) is 32.3 Å². The summed E-state index contributed by atoms with van der Waals surface area (Å²) in [6, 6.07) is 3.67. The van der Waals surface area contributed by atoms with Crippen molar-refractivity contribution in [1.29, 1.82) is 0 Å². The SMILES string of the molecule is CC(C)(C)OC(=O)NCCCC(=O)c1cccnc1N1CCCCCC1. The highest BCUT2D eigenvalue weighted by Crippen LogP contribution is 2.22. The molecule has 1 aliphatic rings. The molecule has 1 aromatic heterocycles. The maximum atomic E-state index is 12.7. The third-order valence-corrected chi connectivity index (χ3v) is 4.24. The van der Waals surface area contributed by atoms with E-state index in [1.807, 2.05) is 32.9 Å². The van der Waals surface area contributed by atoms with Crippen molar-refractivity contribution in [2.75, 3.05) is 24.5 Å². The lowest BCUT2D eigenvalue weighted by Crippen LogP contribution is -2.33. The van der Waals surface area contributed by atoms with Gasteiger partial charge in [0.1, 0.15) is 11.4 Å². The minimum atomic E-state index is -0.516. The molecule has 1 aliphatic heterocycles. The number of rotatable bonds is 6. The molecular formula is C20H31N3O3. The van der Waals surface area contributed by atoms with Crippen molar-refractivity contribution in [3.63, 3.8) is 0 Å². The number of nitrogens with zero attached hydrogens (tertiary/aromatic N) is 2. The number of aromatic nitrogens is 1. The van der Waals surface area contributed by atoms with Crippen molar-refractivity contribution in [1.82, 2.24) is 10.3 Å². The standard InChI is InChI=1S/C20H31N3O3/c1-20(2,3)26-19(25)22-13-9-11-17(24)16-10-8-12-21-18(16)23-14-6-4-5-7-15-23/h8,10,12H,4-7,9,11,13-15H2,1-3H3,(H,22,25). The lowest BCUT2D eigenvalue weighted by Gasteiger charge is -2.23. The average molecular weight is 361 g/mol. The normalized spacial score (nSPS) is 15.3. The molecule has 1 fully saturated rings. The first kappa shape index (κ1) is 20.2. The number of hydrogen-bond donors (Lipinski definition) is 1. The molecule has 144 valence electrons. The Hall–Kier alpha value is -2.11. The third kappa shape index (κ3) is 6.65. The van der Waals surface area contributed by atoms with Gasteiger partial charge in [-0.05, 0) is 52.2 Å². The van der Waals surface area contributed by atoms with Gasteiger partial charge in [0.05, 0.1) is 5.56 Å². The first-order valence-corrected chi connectivity index (χ1v) is 9.57. The topological polar surface area (TPSA) is 71.5 Å². The summed E-state index contributed by atoms with van der Waals surface area (Å²) in [6.07, 6.45) is 7.02. The molecule has 2 rings (SSSR count). The molecule has 26 heavy (non-hydrogen) atoms. The van der Waals surface area contributed by atoms with Crippen molar-refractivity contribution in [2.24, 2.45) is 0 Å². The van der Waals surface area contributed by atoms with Gasteiger partial charge in [0.2, 0.25) is 0 Å². The summed E-state index contributed by atoms with van der Waals surface area (Å²) >= 11 is 0. The number of nitrogens with one attached hydrogen (secondary N) is 1. The number of Topliss-reactive ketones (excluding diaryl/α,β-unsaturated/α-hetero) is 1. The Balaban J connectivity index is 1.86. The van der Waals surface area contributed by atoms with Crippen LogP contribution in [0, 0.1) is 0 Å². The average Bonchev–Trinajstić information content (AvgIpc) is 2.86. The highest BCUT2D eigenvalue weighted by molar-refractivity contribution is 6.00. The van der Waals surface area contributed by atoms with Gasteiger partial charge < -0.3 is 15.0 Å². The summed E-state index contributed by atoms with van der Waals surface area (Å²) in [6.45, 7) is 7.80. The smallest absolute Gasteiger partial charge is 0.407 e. The molecule has 0 unspecified atom stereocenters. The number of carbonyl (C=O) groups excluding carboxylic acids is 2. The largest absolute Gasteiger partial charge is 0.444 e. The van der Waals surface area contributed by atoms with E-state index in [-0.39, 0.29) is 5.78 Å². The van der Waals surface area contributed by atoms with E-state index >= 15 is 0 Å². The molecule has 1 aromatic rings. The van der Waals surface area contributed by atoms with Crippen LogP contribution in [0.25, 0.3) is 0 Å². The lowest BCUT2D eigenvalue weighted by molar-refractivity contribution is 0.0525. The summed E-state index contributed by atoms with van der Waals surface area (Å²) in [5.41, 5.74) is 0.171. The predicted octanol–water partition coefficient (Wildman–Crippen LogP) is 3.95. The molecule has 6 heteroatoms. The van der Waals surface area contributed by atoms with Crippen LogP contribution in [0.15, 0.2) is 18.3 Å². The zero-order chi connectivity index (χ0) is 19.0. The van der Waals surface area contributed by atoms with Crippen LogP contribution in [0.1, 0.15) is 69.7 Å². The van der Waals surface area contributed by atoms with Crippen LogP contribution >= 0.6 is 0 Å². The molecule has 1 saturated heterocycles. The number of hydrogen-bond acceptors (Lipinski definition) is 5. The van der Waals surface area contributed by atoms with Crippen LogP contribution in [0.5, 0.6) is 0 Å². The van der Waals surface area contributed by atoms with E-state index in [0.29, 0.717) is 24.9 Å². The molecule has 6 nitrogen and oxygen atoms in total. The number of pyridine rings is 1. The molecule has 0 aliphatic carbocycles. The molecule has 1 amide bonds. The molecule has 1 N–H and O–H groups in total. The number of ketones is 1. The molecular weight excluding hydrogens is 330 g/mol. The number of carbonyl (C=O) groups is 2. The maximum Gasteiger partial charge on any atom is 0.407 e. The predicted molar refractivity (Wildman–Crippen MR) is 103 cm³/mol. The fraction of sp³-hybridized carbons (Fsp3) is 0.650. The minimum absolute atomic E-state index is 0.0725. The highest BCUT2D eigenvalue weighted by atomic mass is 16.6. The van der Waals surface area contributed by atoms with Crippen molar-refractivity contribution in [2.45, 2.75) is 64.9 Å². The van der Waals surface area contributed by atoms with Gasteiger partial charge in [-0.15, -0.1) is 0 Å². The first-order valence-electron chi connectivity index (χ1n) is 9.57. The van der Waals surface area contributed by atoms with Gasteiger partial charge in [-0.3, -0.25) is 4.79 Å². The van der Waals surface area contributed by atoms with Crippen molar-refractivity contribution < 1.29 is 14.3 Å². The molecule has 0 bridgehead atoms. The van der Waals surface area contributed by atoms with Crippen LogP contribution < -0.4 is 10.2 Å². The van der Waals surface area contributed by atoms with Crippen LogP contribution in [-0.4, -0.2) is 42.1 Å². The fourth-order valence-electron chi connectivity index (χ4n) is 3.04. The van der Waals surface area contributed by atoms with Gasteiger partial charge in [-0.1, -0.05) is 12.8 Å². The van der Waals surface area contributed by atoms with Crippen molar-refractivity contribution >= 4 is 17.7 Å². The van der Waals surface area contributed by atoms with Gasteiger partial charge in [-0.25, -0.2) is 9.78 Å². The van der Waals surface area contributed by atoms with Crippen LogP contribution in [-0.2, 0) is 4.74 Å². The van der Waals surface area contributed by atoms with E-state index < -0.39 is 11.7 Å². The summed E-state index contributed by atoms with van der Waals surface area (Å²) in [4.78, 5) is 31.0. The van der Waals surface area contributed by atoms with Crippen molar-refractivity contribution in [3.8, 4) is 0 Å². The number of anilines is 1. The van der Waals surface area contributed by atoms with Crippen LogP contribution in [0.2, 0.25) is 0 Å². The Morgan fingerprint density at radius 1 is 1.19 bits per heavy atom. The van der Waals surface area contributed by atoms with Crippen LogP contribution in [0.3, 0.4) is 0 Å². The van der Waals surface area contributed by atoms with Gasteiger partial charge in [-0.2, -0.15) is 0 Å². The Bertz CT molecular complexity index is 603. The summed E-state index contributed by atoms with van der Waals surface area (Å²) in [7, 11) is 0. The van der Waals surface area contributed by atoms with E-state index in [2.05, 4.69) is 15.2 Å². The van der Waals surface area contributed by atoms with Gasteiger partial charge >= 0.3 is 6.09 Å². The Morgan fingerprint density at radius 2 is 1.88 bits per heavy atom. The quantitative estimate of drug-likeness (QED) is 0.613. The molecule has 0 atom stereocenters. The van der Waals surface area contributed by atoms with E-state index in [9.17, 15) is 9.59 Å². The highest BCUT2D eigenvalue weighted by Gasteiger charge is 2.19. The summed E-state index contributed by atoms with van der Waals surface area (Å²) in [5.74, 6) is 0.878. The molecule has 0 spiro atoms. The fourth-order valence-corrected chi connectivity index (χ4v) is 3.04. The number of alkyl carbamates (subject to hydrolysis) is 1. The molecule has 0 saturated carbocycles. The first-order chi connectivity index (χ1) is 12.4. The number of amides is 1. The van der Waals surface area contributed by atoms with Gasteiger partial charge in [0.15, 0.2) is 5.78 Å². The summed E-state index contributed by atoms with van der Waals surface area (Å²) in [5, 5.41) is 2.69. The monoisotopic (exact) mass is 361 g/mol. The zero-order valence-corrected chi connectivity index (χ0v) is 16.2. The zero-order valence-electron chi connectivity index (χ0n) is 16.2. The third-order valence-electron chi connectivity index (χ3n) is 4.24. The van der Waals surface area contributed by atoms with E-state index in [0.717, 1.165) is 31.7 Å². The molecule has 2 heterocycles. The maximum absolute atomic E-state index is 12.7. The van der Waals surface area contributed by atoms with Gasteiger partial charge in [0.25, 0.3) is 0 Å². The second kappa shape index (κ2) is 9.55. The Kier molecular flexibility index (Phi) is 7.42. The second-order valence-electron chi connectivity index (χ2n) is 7.73. The number of ether oxygens (including phenoxy) is 1. The summed E-state index contributed by atoms with van der Waals surface area (Å²) < 4.78 is 5.19. The van der Waals surface area contributed by atoms with E-state index in [1.165, 1.54) is 12.8 Å². The minimum Gasteiger partial charge on any atom is -0.444 e. The van der Waals surface area contributed by atoms with Crippen molar-refractivity contribution in [3.05, 3.63) is 23.9 Å². The Labute approximate surface area is 156 Å². The molecule has 0 radical (unpaired) electrons. The second-order valence-corrected chi connectivity index (χ2v) is 7.73. The van der Waals surface area contributed by atoms with E-state index in [1.54, 1.807) is 6.20 Å².